The molecule has 96 valence electrons. The van der Waals surface area contributed by atoms with Crippen LogP contribution in [-0.2, 0) is 0 Å². The first-order valence-electron chi connectivity index (χ1n) is 6.09. The lowest BCUT2D eigenvalue weighted by atomic mass is 10.3. The lowest BCUT2D eigenvalue weighted by molar-refractivity contribution is 0.825. The third-order valence-corrected chi connectivity index (χ3v) is 3.30. The van der Waals surface area contributed by atoms with Gasteiger partial charge in [-0.15, -0.1) is 0 Å². The van der Waals surface area contributed by atoms with Gasteiger partial charge in [0.25, 0.3) is 0 Å². The standard InChI is InChI=1S/C13H18N4S/c1-18-11-3-2-7-14-12-6-4-8-15-13(12)17-10-5-9-16-17/h4-6,8-10,14H,2-3,7,11H2,1H3. The van der Waals surface area contributed by atoms with Crippen LogP contribution in [-0.4, -0.2) is 33.3 Å². The van der Waals surface area contributed by atoms with E-state index in [4.69, 9.17) is 0 Å². The second-order valence-corrected chi connectivity index (χ2v) is 4.94. The average molecular weight is 262 g/mol. The molecule has 0 aliphatic carbocycles. The zero-order chi connectivity index (χ0) is 12.6. The van der Waals surface area contributed by atoms with Crippen molar-refractivity contribution >= 4 is 17.4 Å². The Bertz CT molecular complexity index is 456. The summed E-state index contributed by atoms with van der Waals surface area (Å²) in [5.74, 6) is 2.08. The highest BCUT2D eigenvalue weighted by Crippen LogP contribution is 2.16. The van der Waals surface area contributed by atoms with Gasteiger partial charge in [0.2, 0.25) is 0 Å². The topological polar surface area (TPSA) is 42.7 Å². The Morgan fingerprint density at radius 3 is 3.00 bits per heavy atom. The van der Waals surface area contributed by atoms with E-state index in [9.17, 15) is 0 Å². The van der Waals surface area contributed by atoms with E-state index in [0.717, 1.165) is 18.1 Å². The van der Waals surface area contributed by atoms with Gasteiger partial charge in [-0.1, -0.05) is 0 Å². The minimum Gasteiger partial charge on any atom is -0.382 e. The number of thioether (sulfide) groups is 1. The molecule has 0 spiro atoms. The van der Waals surface area contributed by atoms with Crippen molar-refractivity contribution in [3.63, 3.8) is 0 Å². The highest BCUT2D eigenvalue weighted by molar-refractivity contribution is 7.98. The van der Waals surface area contributed by atoms with Crippen molar-refractivity contribution in [3.8, 4) is 5.82 Å². The van der Waals surface area contributed by atoms with E-state index in [0.29, 0.717) is 0 Å². The Morgan fingerprint density at radius 1 is 1.28 bits per heavy atom. The van der Waals surface area contributed by atoms with Crippen molar-refractivity contribution < 1.29 is 0 Å². The zero-order valence-electron chi connectivity index (χ0n) is 10.5. The predicted octanol–water partition coefficient (Wildman–Crippen LogP) is 2.82. The molecule has 18 heavy (non-hydrogen) atoms. The molecule has 0 amide bonds. The summed E-state index contributed by atoms with van der Waals surface area (Å²) in [4.78, 5) is 4.37. The van der Waals surface area contributed by atoms with Gasteiger partial charge in [0.15, 0.2) is 5.82 Å². The molecule has 2 aromatic rings. The summed E-state index contributed by atoms with van der Waals surface area (Å²) in [6, 6.07) is 5.88. The number of hydrogen-bond donors (Lipinski definition) is 1. The number of nitrogens with one attached hydrogen (secondary N) is 1. The molecule has 0 aliphatic rings. The zero-order valence-corrected chi connectivity index (χ0v) is 11.4. The first kappa shape index (κ1) is 13.0. The summed E-state index contributed by atoms with van der Waals surface area (Å²) >= 11 is 1.89. The van der Waals surface area contributed by atoms with Gasteiger partial charge in [0.1, 0.15) is 0 Å². The van der Waals surface area contributed by atoms with Crippen molar-refractivity contribution in [3.05, 3.63) is 36.8 Å². The Balaban J connectivity index is 1.96. The average Bonchev–Trinajstić information content (AvgIpc) is 2.93. The van der Waals surface area contributed by atoms with Crippen LogP contribution < -0.4 is 5.32 Å². The highest BCUT2D eigenvalue weighted by Gasteiger charge is 2.04. The van der Waals surface area contributed by atoms with Gasteiger partial charge in [-0.05, 0) is 43.0 Å². The maximum Gasteiger partial charge on any atom is 0.176 e. The second-order valence-electron chi connectivity index (χ2n) is 3.95. The summed E-state index contributed by atoms with van der Waals surface area (Å²) in [5.41, 5.74) is 1.03. The monoisotopic (exact) mass is 262 g/mol. The number of hydrogen-bond acceptors (Lipinski definition) is 4. The van der Waals surface area contributed by atoms with E-state index >= 15 is 0 Å². The maximum atomic E-state index is 4.37. The fraction of sp³-hybridized carbons (Fsp3) is 0.385. The first-order valence-corrected chi connectivity index (χ1v) is 7.49. The smallest absolute Gasteiger partial charge is 0.176 e. The van der Waals surface area contributed by atoms with Crippen LogP contribution in [0.4, 0.5) is 5.69 Å². The molecule has 0 saturated heterocycles. The van der Waals surface area contributed by atoms with Gasteiger partial charge in [0.05, 0.1) is 5.69 Å². The van der Waals surface area contributed by atoms with Crippen LogP contribution in [0.2, 0.25) is 0 Å². The molecule has 2 aromatic heterocycles. The largest absolute Gasteiger partial charge is 0.382 e. The molecule has 0 radical (unpaired) electrons. The van der Waals surface area contributed by atoms with Crippen LogP contribution in [0.5, 0.6) is 0 Å². The van der Waals surface area contributed by atoms with Crippen molar-refractivity contribution in [1.29, 1.82) is 0 Å². The summed E-state index contributed by atoms with van der Waals surface area (Å²) in [7, 11) is 0. The van der Waals surface area contributed by atoms with Crippen LogP contribution in [0.15, 0.2) is 36.8 Å². The molecular weight excluding hydrogens is 244 g/mol. The Hall–Kier alpha value is -1.49. The molecule has 0 atom stereocenters. The number of unbranched alkanes of at least 4 members (excludes halogenated alkanes) is 1. The van der Waals surface area contributed by atoms with Crippen LogP contribution in [0.1, 0.15) is 12.8 Å². The normalized spacial score (nSPS) is 10.5. The van der Waals surface area contributed by atoms with Crippen molar-refractivity contribution in [2.24, 2.45) is 0 Å². The molecule has 2 heterocycles. The third kappa shape index (κ3) is 3.50. The molecule has 0 aliphatic heterocycles. The summed E-state index contributed by atoms with van der Waals surface area (Å²) < 4.78 is 1.78. The fourth-order valence-electron chi connectivity index (χ4n) is 1.71. The van der Waals surface area contributed by atoms with E-state index in [1.54, 1.807) is 17.1 Å². The van der Waals surface area contributed by atoms with Gasteiger partial charge >= 0.3 is 0 Å². The van der Waals surface area contributed by atoms with Gasteiger partial charge in [-0.2, -0.15) is 16.9 Å². The van der Waals surface area contributed by atoms with Gasteiger partial charge in [-0.25, -0.2) is 9.67 Å². The Kier molecular flexibility index (Phi) is 5.08. The molecule has 4 nitrogen and oxygen atoms in total. The number of aromatic nitrogens is 3. The molecule has 0 unspecified atom stereocenters. The lowest BCUT2D eigenvalue weighted by Crippen LogP contribution is -2.07. The first-order chi connectivity index (χ1) is 8.92. The van der Waals surface area contributed by atoms with E-state index in [1.165, 1.54) is 18.6 Å². The number of nitrogens with zero attached hydrogens (tertiary/aromatic N) is 3. The number of rotatable bonds is 7. The number of anilines is 1. The van der Waals surface area contributed by atoms with Crippen molar-refractivity contribution in [2.75, 3.05) is 23.9 Å². The van der Waals surface area contributed by atoms with E-state index in [1.807, 2.05) is 36.2 Å². The highest BCUT2D eigenvalue weighted by atomic mass is 32.2. The summed E-state index contributed by atoms with van der Waals surface area (Å²) in [6.45, 7) is 0.973. The van der Waals surface area contributed by atoms with Gasteiger partial charge < -0.3 is 5.32 Å². The number of pyridine rings is 1. The second kappa shape index (κ2) is 7.06. The van der Waals surface area contributed by atoms with Gasteiger partial charge in [-0.3, -0.25) is 0 Å². The molecule has 0 saturated carbocycles. The minimum absolute atomic E-state index is 0.854. The Morgan fingerprint density at radius 2 is 2.22 bits per heavy atom. The lowest BCUT2D eigenvalue weighted by Gasteiger charge is -2.10. The van der Waals surface area contributed by atoms with Crippen LogP contribution >= 0.6 is 11.8 Å². The van der Waals surface area contributed by atoms with Crippen LogP contribution in [0.25, 0.3) is 5.82 Å². The van der Waals surface area contributed by atoms with E-state index < -0.39 is 0 Å². The molecular formula is C13H18N4S. The molecule has 0 aromatic carbocycles. The minimum atomic E-state index is 0.854. The molecule has 0 bridgehead atoms. The van der Waals surface area contributed by atoms with Gasteiger partial charge in [0, 0.05) is 25.1 Å². The van der Waals surface area contributed by atoms with Crippen LogP contribution in [0, 0.1) is 0 Å². The summed E-state index contributed by atoms with van der Waals surface area (Å²) in [5, 5.41) is 7.64. The SMILES string of the molecule is CSCCCCNc1cccnc1-n1cccn1. The Labute approximate surface area is 112 Å². The van der Waals surface area contributed by atoms with Crippen molar-refractivity contribution in [1.82, 2.24) is 14.8 Å². The molecule has 2 rings (SSSR count). The van der Waals surface area contributed by atoms with Crippen molar-refractivity contribution in [2.45, 2.75) is 12.8 Å². The molecule has 0 fully saturated rings. The van der Waals surface area contributed by atoms with E-state index in [-0.39, 0.29) is 0 Å². The molecule has 1 N–H and O–H groups in total. The summed E-state index contributed by atoms with van der Waals surface area (Å²) in [6.07, 6.45) is 10.0. The maximum absolute atomic E-state index is 4.37. The van der Waals surface area contributed by atoms with E-state index in [2.05, 4.69) is 21.7 Å². The predicted molar refractivity (Wildman–Crippen MR) is 77.5 cm³/mol. The fourth-order valence-corrected chi connectivity index (χ4v) is 2.20. The third-order valence-electron chi connectivity index (χ3n) is 2.60. The molecule has 5 heteroatoms. The quantitative estimate of drug-likeness (QED) is 0.779. The van der Waals surface area contributed by atoms with Crippen LogP contribution in [0.3, 0.4) is 0 Å².